The summed E-state index contributed by atoms with van der Waals surface area (Å²) in [6.45, 7) is -0.0692. The molecule has 8 heteroatoms. The van der Waals surface area contributed by atoms with Gasteiger partial charge in [0.05, 0.1) is 11.0 Å². The summed E-state index contributed by atoms with van der Waals surface area (Å²) in [6.07, 6.45) is 0. The molecule has 0 heterocycles. The number of carbonyl (C=O) groups excluding carboxylic acids is 1. The van der Waals surface area contributed by atoms with Gasteiger partial charge in [-0.05, 0) is 22.3 Å². The molecule has 0 amide bonds. The van der Waals surface area contributed by atoms with Gasteiger partial charge in [0.15, 0.2) is 5.92 Å². The zero-order valence-corrected chi connectivity index (χ0v) is 16.9. The van der Waals surface area contributed by atoms with E-state index in [1.54, 1.807) is 0 Å². The lowest BCUT2D eigenvalue weighted by Gasteiger charge is -2.21. The molecule has 0 bridgehead atoms. The zero-order chi connectivity index (χ0) is 22.8. The number of nitrogens with two attached hydrogens (primary N) is 1. The third kappa shape index (κ3) is 3.72. The highest BCUT2D eigenvalue weighted by Crippen LogP contribution is 2.44. The minimum absolute atomic E-state index is 0.0431. The first-order valence-electron chi connectivity index (χ1n) is 9.96. The molecule has 2 atom stereocenters. The van der Waals surface area contributed by atoms with Crippen LogP contribution >= 0.6 is 0 Å². The third-order valence-corrected chi connectivity index (χ3v) is 5.73. The van der Waals surface area contributed by atoms with Crippen molar-refractivity contribution in [1.82, 2.24) is 0 Å². The van der Waals surface area contributed by atoms with Gasteiger partial charge in [-0.2, -0.15) is 0 Å². The Morgan fingerprint density at radius 3 is 2.06 bits per heavy atom. The second-order valence-corrected chi connectivity index (χ2v) is 7.51. The van der Waals surface area contributed by atoms with Crippen LogP contribution in [0.25, 0.3) is 11.1 Å². The highest BCUT2D eigenvalue weighted by molar-refractivity contribution is 5.95. The van der Waals surface area contributed by atoms with Gasteiger partial charge >= 0.3 is 11.9 Å². The third-order valence-electron chi connectivity index (χ3n) is 5.73. The molecule has 3 aromatic rings. The molecule has 0 saturated heterocycles. The van der Waals surface area contributed by atoms with E-state index < -0.39 is 28.8 Å². The number of para-hydroxylation sites is 1. The van der Waals surface area contributed by atoms with Crippen LogP contribution in [0.3, 0.4) is 0 Å². The number of carboxylic acids is 1. The Morgan fingerprint density at radius 2 is 1.50 bits per heavy atom. The van der Waals surface area contributed by atoms with Crippen LogP contribution < -0.4 is 5.73 Å². The van der Waals surface area contributed by atoms with Crippen molar-refractivity contribution < 1.29 is 24.4 Å². The van der Waals surface area contributed by atoms with E-state index in [0.29, 0.717) is 0 Å². The van der Waals surface area contributed by atoms with Crippen molar-refractivity contribution in [3.63, 3.8) is 0 Å². The Balaban J connectivity index is 1.58. The fourth-order valence-corrected chi connectivity index (χ4v) is 4.21. The van der Waals surface area contributed by atoms with Gasteiger partial charge in [-0.3, -0.25) is 19.7 Å². The molecule has 0 aliphatic heterocycles. The van der Waals surface area contributed by atoms with Crippen LogP contribution in [0.1, 0.15) is 28.7 Å². The Labute approximate surface area is 183 Å². The van der Waals surface area contributed by atoms with Gasteiger partial charge in [-0.15, -0.1) is 0 Å². The van der Waals surface area contributed by atoms with E-state index in [1.807, 2.05) is 48.5 Å². The van der Waals surface area contributed by atoms with E-state index in [1.165, 1.54) is 24.3 Å². The van der Waals surface area contributed by atoms with Gasteiger partial charge in [0.1, 0.15) is 6.61 Å². The molecule has 2 unspecified atom stereocenters. The molecule has 4 rings (SSSR count). The Kier molecular flexibility index (Phi) is 5.70. The summed E-state index contributed by atoms with van der Waals surface area (Å²) in [6, 6.07) is 19.6. The van der Waals surface area contributed by atoms with Crippen LogP contribution in [-0.4, -0.2) is 28.6 Å². The van der Waals surface area contributed by atoms with Crippen molar-refractivity contribution in [2.45, 2.75) is 12.0 Å². The molecular formula is C24H20N2O6. The molecule has 3 aromatic carbocycles. The SMILES string of the molecule is NC(c1ccccc1[N+](=O)[O-])C(C(=O)O)C(=O)OCC1c2ccccc2-c2ccccc21. The highest BCUT2D eigenvalue weighted by Gasteiger charge is 2.39. The minimum atomic E-state index is -1.79. The van der Waals surface area contributed by atoms with Crippen molar-refractivity contribution in [2.24, 2.45) is 11.7 Å². The van der Waals surface area contributed by atoms with Crippen LogP contribution in [0.4, 0.5) is 5.69 Å². The number of fused-ring (bicyclic) bond motifs is 3. The molecule has 8 nitrogen and oxygen atoms in total. The second kappa shape index (κ2) is 8.60. The maximum absolute atomic E-state index is 12.8. The van der Waals surface area contributed by atoms with E-state index in [4.69, 9.17) is 10.5 Å². The quantitative estimate of drug-likeness (QED) is 0.252. The summed E-state index contributed by atoms with van der Waals surface area (Å²) in [5, 5.41) is 21.0. The molecule has 0 spiro atoms. The number of carbonyl (C=O) groups is 2. The summed E-state index contributed by atoms with van der Waals surface area (Å²) in [5.74, 6) is -4.58. The number of carboxylic acid groups (broad SMARTS) is 1. The zero-order valence-electron chi connectivity index (χ0n) is 16.9. The number of hydrogen-bond acceptors (Lipinski definition) is 6. The maximum Gasteiger partial charge on any atom is 0.322 e. The normalized spacial score (nSPS) is 14.2. The number of esters is 1. The molecule has 1 aliphatic rings. The van der Waals surface area contributed by atoms with Crippen molar-refractivity contribution in [3.05, 3.63) is 99.6 Å². The number of nitrogens with zero attached hydrogens (tertiary/aromatic N) is 1. The molecule has 0 aromatic heterocycles. The van der Waals surface area contributed by atoms with Crippen LogP contribution in [0, 0.1) is 16.0 Å². The van der Waals surface area contributed by atoms with Crippen LogP contribution in [0.5, 0.6) is 0 Å². The van der Waals surface area contributed by atoms with E-state index in [-0.39, 0.29) is 23.8 Å². The van der Waals surface area contributed by atoms with Gasteiger partial charge in [0, 0.05) is 17.5 Å². The molecule has 0 saturated carbocycles. The number of nitro groups is 1. The molecule has 3 N–H and O–H groups in total. The fourth-order valence-electron chi connectivity index (χ4n) is 4.21. The van der Waals surface area contributed by atoms with Crippen LogP contribution in [0.2, 0.25) is 0 Å². The molecule has 32 heavy (non-hydrogen) atoms. The molecule has 162 valence electrons. The molecule has 0 radical (unpaired) electrons. The van der Waals surface area contributed by atoms with Gasteiger partial charge in [0.2, 0.25) is 0 Å². The summed E-state index contributed by atoms with van der Waals surface area (Å²) in [7, 11) is 0. The van der Waals surface area contributed by atoms with E-state index in [0.717, 1.165) is 22.3 Å². The van der Waals surface area contributed by atoms with Crippen molar-refractivity contribution in [3.8, 4) is 11.1 Å². The number of nitro benzene ring substituents is 1. The first-order valence-corrected chi connectivity index (χ1v) is 9.96. The smallest absolute Gasteiger partial charge is 0.322 e. The van der Waals surface area contributed by atoms with Gasteiger partial charge in [-0.25, -0.2) is 0 Å². The average Bonchev–Trinajstić information content (AvgIpc) is 3.11. The topological polar surface area (TPSA) is 133 Å². The fraction of sp³-hybridized carbons (Fsp3) is 0.167. The monoisotopic (exact) mass is 432 g/mol. The number of rotatable bonds is 7. The van der Waals surface area contributed by atoms with E-state index in [9.17, 15) is 24.8 Å². The molecular weight excluding hydrogens is 412 g/mol. The average molecular weight is 432 g/mol. The predicted molar refractivity (Wildman–Crippen MR) is 116 cm³/mol. The summed E-state index contributed by atoms with van der Waals surface area (Å²) < 4.78 is 5.44. The van der Waals surface area contributed by atoms with Crippen LogP contribution in [-0.2, 0) is 14.3 Å². The Morgan fingerprint density at radius 1 is 0.969 bits per heavy atom. The Hall–Kier alpha value is -4.04. The number of aliphatic carboxylic acids is 1. The Bertz CT molecular complexity index is 1160. The van der Waals surface area contributed by atoms with Gasteiger partial charge in [0.25, 0.3) is 5.69 Å². The lowest BCUT2D eigenvalue weighted by atomic mass is 9.92. The maximum atomic E-state index is 12.8. The largest absolute Gasteiger partial charge is 0.481 e. The molecule has 0 fully saturated rings. The standard InChI is InChI=1S/C24H20N2O6/c25-22(18-11-5-6-12-20(18)26(30)31)21(23(27)28)24(29)32-13-19-16-9-3-1-7-14(16)15-8-2-4-10-17(15)19/h1-12,19,21-22H,13,25H2,(H,27,28). The number of hydrogen-bond donors (Lipinski definition) is 2. The first-order chi connectivity index (χ1) is 15.4. The molecule has 1 aliphatic carbocycles. The van der Waals surface area contributed by atoms with Crippen molar-refractivity contribution >= 4 is 17.6 Å². The summed E-state index contributed by atoms with van der Waals surface area (Å²) >= 11 is 0. The summed E-state index contributed by atoms with van der Waals surface area (Å²) in [5.41, 5.74) is 9.68. The van der Waals surface area contributed by atoms with Crippen molar-refractivity contribution in [1.29, 1.82) is 0 Å². The number of ether oxygens (including phenoxy) is 1. The van der Waals surface area contributed by atoms with Gasteiger partial charge < -0.3 is 15.6 Å². The first kappa shape index (κ1) is 21.2. The van der Waals surface area contributed by atoms with Gasteiger partial charge in [-0.1, -0.05) is 66.7 Å². The lowest BCUT2D eigenvalue weighted by molar-refractivity contribution is -0.385. The lowest BCUT2D eigenvalue weighted by Crippen LogP contribution is -2.36. The predicted octanol–water partition coefficient (Wildman–Crippen LogP) is 3.65. The van der Waals surface area contributed by atoms with E-state index >= 15 is 0 Å². The highest BCUT2D eigenvalue weighted by atomic mass is 16.6. The van der Waals surface area contributed by atoms with Crippen LogP contribution in [0.15, 0.2) is 72.8 Å². The van der Waals surface area contributed by atoms with Crippen molar-refractivity contribution in [2.75, 3.05) is 6.61 Å². The summed E-state index contributed by atoms with van der Waals surface area (Å²) in [4.78, 5) is 35.3. The van der Waals surface area contributed by atoms with E-state index in [2.05, 4.69) is 0 Å². The number of benzene rings is 3. The second-order valence-electron chi connectivity index (χ2n) is 7.51. The minimum Gasteiger partial charge on any atom is -0.481 e.